The Labute approximate surface area is 283 Å². The summed E-state index contributed by atoms with van der Waals surface area (Å²) in [5.74, 6) is -2.53. The van der Waals surface area contributed by atoms with Crippen molar-refractivity contribution in [3.05, 3.63) is 0 Å². The highest BCUT2D eigenvalue weighted by Gasteiger charge is 2.34. The first-order valence-corrected chi connectivity index (χ1v) is 19.9. The molecule has 0 aromatic rings. The van der Waals surface area contributed by atoms with Gasteiger partial charge in [0.15, 0.2) is 0 Å². The monoisotopic (exact) mass is 657 g/mol. The molecule has 274 valence electrons. The number of hydrogen-bond acceptors (Lipinski definition) is 7. The van der Waals surface area contributed by atoms with E-state index in [0.717, 1.165) is 32.1 Å². The van der Waals surface area contributed by atoms with E-state index in [4.69, 9.17) is 9.78 Å². The molecule has 0 aromatic heterocycles. The SMILES string of the molecule is CCCCCCCCCCCCCCCCCC(=O)OOC(=O)C(CCCCCCCCCCCCCCCC)C(O)C(O)CO. The van der Waals surface area contributed by atoms with Crippen molar-refractivity contribution in [2.24, 2.45) is 5.92 Å². The first kappa shape index (κ1) is 44.8. The van der Waals surface area contributed by atoms with Crippen LogP contribution in [0.3, 0.4) is 0 Å². The minimum atomic E-state index is -1.48. The topological polar surface area (TPSA) is 113 Å². The van der Waals surface area contributed by atoms with Gasteiger partial charge >= 0.3 is 11.9 Å². The van der Waals surface area contributed by atoms with E-state index in [1.165, 1.54) is 141 Å². The molecule has 7 heteroatoms. The molecule has 0 bridgehead atoms. The van der Waals surface area contributed by atoms with Crippen LogP contribution in [0.5, 0.6) is 0 Å². The molecule has 3 N–H and O–H groups in total. The highest BCUT2D eigenvalue weighted by atomic mass is 17.2. The van der Waals surface area contributed by atoms with E-state index >= 15 is 0 Å². The maximum atomic E-state index is 12.6. The maximum Gasteiger partial charge on any atom is 0.361 e. The van der Waals surface area contributed by atoms with Gasteiger partial charge in [0.2, 0.25) is 0 Å². The number of unbranched alkanes of at least 4 members (excludes halogenated alkanes) is 27. The zero-order chi connectivity index (χ0) is 33.9. The van der Waals surface area contributed by atoms with Crippen LogP contribution in [0.25, 0.3) is 0 Å². The smallest absolute Gasteiger partial charge is 0.361 e. The summed E-state index contributed by atoms with van der Waals surface area (Å²) >= 11 is 0. The number of hydrogen-bond donors (Lipinski definition) is 3. The summed E-state index contributed by atoms with van der Waals surface area (Å²) in [6.07, 6.45) is 33.1. The summed E-state index contributed by atoms with van der Waals surface area (Å²) in [4.78, 5) is 34.3. The zero-order valence-electron chi connectivity index (χ0n) is 30.3. The van der Waals surface area contributed by atoms with Gasteiger partial charge in [-0.25, -0.2) is 19.4 Å². The average Bonchev–Trinajstić information content (AvgIpc) is 3.06. The lowest BCUT2D eigenvalue weighted by molar-refractivity contribution is -0.265. The molecule has 0 saturated heterocycles. The van der Waals surface area contributed by atoms with Gasteiger partial charge in [0, 0.05) is 0 Å². The molecule has 0 heterocycles. The Bertz CT molecular complexity index is 656. The van der Waals surface area contributed by atoms with Crippen LogP contribution in [0.1, 0.15) is 213 Å². The Morgan fingerprint density at radius 2 is 0.804 bits per heavy atom. The molecule has 0 radical (unpaired) electrons. The quantitative estimate of drug-likeness (QED) is 0.0353. The summed E-state index contributed by atoms with van der Waals surface area (Å²) in [6.45, 7) is 3.84. The predicted molar refractivity (Wildman–Crippen MR) is 189 cm³/mol. The third-order valence-electron chi connectivity index (χ3n) is 9.37. The lowest BCUT2D eigenvalue weighted by Crippen LogP contribution is -2.40. The van der Waals surface area contributed by atoms with Gasteiger partial charge in [-0.2, -0.15) is 0 Å². The fourth-order valence-corrected chi connectivity index (χ4v) is 6.19. The van der Waals surface area contributed by atoms with E-state index in [0.29, 0.717) is 19.3 Å². The van der Waals surface area contributed by atoms with Crippen molar-refractivity contribution in [3.8, 4) is 0 Å². The number of rotatable bonds is 35. The van der Waals surface area contributed by atoms with Crippen molar-refractivity contribution < 1.29 is 34.7 Å². The van der Waals surface area contributed by atoms with Crippen molar-refractivity contribution in [1.82, 2.24) is 0 Å². The molecule has 0 aliphatic heterocycles. The van der Waals surface area contributed by atoms with Crippen molar-refractivity contribution >= 4 is 11.9 Å². The summed E-state index contributed by atoms with van der Waals surface area (Å²) in [7, 11) is 0. The molecular weight excluding hydrogens is 580 g/mol. The lowest BCUT2D eigenvalue weighted by Gasteiger charge is -2.23. The van der Waals surface area contributed by atoms with E-state index in [2.05, 4.69) is 13.8 Å². The van der Waals surface area contributed by atoms with Crippen LogP contribution in [0.15, 0.2) is 0 Å². The van der Waals surface area contributed by atoms with Gasteiger partial charge in [-0.15, -0.1) is 0 Å². The van der Waals surface area contributed by atoms with Crippen LogP contribution in [0.4, 0.5) is 0 Å². The lowest BCUT2D eigenvalue weighted by atomic mass is 9.92. The van der Waals surface area contributed by atoms with Crippen LogP contribution in [-0.4, -0.2) is 46.1 Å². The highest BCUT2D eigenvalue weighted by molar-refractivity contribution is 5.75. The number of carbonyl (C=O) groups excluding carboxylic acids is 2. The summed E-state index contributed by atoms with van der Waals surface area (Å²) in [5.41, 5.74) is 0. The van der Waals surface area contributed by atoms with Gasteiger partial charge < -0.3 is 15.3 Å². The Morgan fingerprint density at radius 3 is 1.15 bits per heavy atom. The van der Waals surface area contributed by atoms with Crippen LogP contribution in [-0.2, 0) is 19.4 Å². The van der Waals surface area contributed by atoms with Gasteiger partial charge in [-0.05, 0) is 12.8 Å². The van der Waals surface area contributed by atoms with Crippen molar-refractivity contribution in [2.75, 3.05) is 6.61 Å². The molecule has 0 fully saturated rings. The van der Waals surface area contributed by atoms with Gasteiger partial charge in [0.05, 0.1) is 25.0 Å². The average molecular weight is 657 g/mol. The molecule has 0 aromatic carbocycles. The minimum Gasteiger partial charge on any atom is -0.394 e. The van der Waals surface area contributed by atoms with Crippen molar-refractivity contribution in [1.29, 1.82) is 0 Å². The number of aliphatic hydroxyl groups is 3. The predicted octanol–water partition coefficient (Wildman–Crippen LogP) is 10.5. The van der Waals surface area contributed by atoms with Crippen molar-refractivity contribution in [3.63, 3.8) is 0 Å². The van der Waals surface area contributed by atoms with Gasteiger partial charge in [0.1, 0.15) is 6.10 Å². The van der Waals surface area contributed by atoms with Crippen LogP contribution >= 0.6 is 0 Å². The third-order valence-corrected chi connectivity index (χ3v) is 9.37. The second-order valence-electron chi connectivity index (χ2n) is 13.8. The first-order chi connectivity index (χ1) is 22.5. The third kappa shape index (κ3) is 29.0. The number of carbonyl (C=O) groups is 2. The van der Waals surface area contributed by atoms with Crippen molar-refractivity contribution in [2.45, 2.75) is 225 Å². The molecule has 3 unspecified atom stereocenters. The minimum absolute atomic E-state index is 0.178. The molecule has 3 atom stereocenters. The Balaban J connectivity index is 3.94. The molecule has 0 amide bonds. The Morgan fingerprint density at radius 1 is 0.478 bits per heavy atom. The Hall–Kier alpha value is -1.18. The molecule has 7 nitrogen and oxygen atoms in total. The Kier molecular flexibility index (Phi) is 34.2. The zero-order valence-corrected chi connectivity index (χ0v) is 30.3. The molecule has 0 aliphatic rings. The van der Waals surface area contributed by atoms with E-state index in [-0.39, 0.29) is 6.42 Å². The van der Waals surface area contributed by atoms with Crippen LogP contribution < -0.4 is 0 Å². The molecule has 0 aliphatic carbocycles. The summed E-state index contributed by atoms with van der Waals surface area (Å²) in [5, 5.41) is 29.6. The summed E-state index contributed by atoms with van der Waals surface area (Å²) < 4.78 is 0. The highest BCUT2D eigenvalue weighted by Crippen LogP contribution is 2.21. The van der Waals surface area contributed by atoms with E-state index in [9.17, 15) is 24.9 Å². The molecule has 0 spiro atoms. The second kappa shape index (κ2) is 35.1. The van der Waals surface area contributed by atoms with Crippen LogP contribution in [0, 0.1) is 5.92 Å². The summed E-state index contributed by atoms with van der Waals surface area (Å²) in [6, 6.07) is 0. The fraction of sp³-hybridized carbons (Fsp3) is 0.949. The van der Waals surface area contributed by atoms with Gasteiger partial charge in [0.25, 0.3) is 0 Å². The molecular formula is C39H76O7. The number of aliphatic hydroxyl groups excluding tert-OH is 3. The molecule has 0 saturated carbocycles. The maximum absolute atomic E-state index is 12.6. The fourth-order valence-electron chi connectivity index (χ4n) is 6.19. The normalized spacial score (nSPS) is 13.4. The second-order valence-corrected chi connectivity index (χ2v) is 13.8. The molecule has 46 heavy (non-hydrogen) atoms. The van der Waals surface area contributed by atoms with E-state index < -0.39 is 36.7 Å². The van der Waals surface area contributed by atoms with Crippen LogP contribution in [0.2, 0.25) is 0 Å². The van der Waals surface area contributed by atoms with E-state index in [1.54, 1.807) is 0 Å². The van der Waals surface area contributed by atoms with E-state index in [1.807, 2.05) is 0 Å². The molecule has 0 rings (SSSR count). The first-order valence-electron chi connectivity index (χ1n) is 19.9. The largest absolute Gasteiger partial charge is 0.394 e. The van der Waals surface area contributed by atoms with Gasteiger partial charge in [-0.3, -0.25) is 0 Å². The standard InChI is InChI=1S/C39H76O7/c1-3-5-7-9-11-13-15-17-19-21-23-25-27-29-31-33-37(42)45-46-39(44)35(38(43)36(41)34-40)32-30-28-26-24-22-20-18-16-14-12-10-8-6-4-2/h35-36,38,40-41,43H,3-34H2,1-2H3. The van der Waals surface area contributed by atoms with Gasteiger partial charge in [-0.1, -0.05) is 194 Å².